The summed E-state index contributed by atoms with van der Waals surface area (Å²) >= 11 is 1.58. The molecule has 0 aliphatic heterocycles. The quantitative estimate of drug-likeness (QED) is 0.721. The monoisotopic (exact) mass is 282 g/mol. The predicted molar refractivity (Wildman–Crippen MR) is 81.4 cm³/mol. The molecule has 2 aromatic carbocycles. The molecule has 0 saturated heterocycles. The van der Waals surface area contributed by atoms with Crippen LogP contribution in [-0.4, -0.2) is 15.2 Å². The molecule has 4 nitrogen and oxygen atoms in total. The lowest BCUT2D eigenvalue weighted by atomic mass is 10.0. The second-order valence-corrected chi connectivity index (χ2v) is 5.39. The molecule has 100 valence electrons. The van der Waals surface area contributed by atoms with E-state index in [9.17, 15) is 0 Å². The van der Waals surface area contributed by atoms with Crippen LogP contribution in [-0.2, 0) is 0 Å². The second kappa shape index (κ2) is 5.79. The van der Waals surface area contributed by atoms with Crippen molar-refractivity contribution in [2.75, 3.05) is 5.73 Å². The number of aromatic amines is 1. The van der Waals surface area contributed by atoms with Crippen LogP contribution in [0, 0.1) is 0 Å². The van der Waals surface area contributed by atoms with Gasteiger partial charge in [-0.1, -0.05) is 72.4 Å². The van der Waals surface area contributed by atoms with Gasteiger partial charge in [0.25, 0.3) is 0 Å². The van der Waals surface area contributed by atoms with E-state index in [0.29, 0.717) is 11.1 Å². The molecule has 0 amide bonds. The Bertz CT molecular complexity index is 627. The summed E-state index contributed by atoms with van der Waals surface area (Å²) in [5.74, 6) is 0.340. The van der Waals surface area contributed by atoms with Gasteiger partial charge in [-0.25, -0.2) is 5.10 Å². The van der Waals surface area contributed by atoms with Crippen LogP contribution in [0.25, 0.3) is 0 Å². The molecule has 3 rings (SSSR count). The van der Waals surface area contributed by atoms with Crippen molar-refractivity contribution in [3.63, 3.8) is 0 Å². The number of nitrogens with two attached hydrogens (primary N) is 1. The van der Waals surface area contributed by atoms with Crippen molar-refractivity contribution in [2.45, 2.75) is 10.4 Å². The maximum atomic E-state index is 5.59. The van der Waals surface area contributed by atoms with E-state index in [1.165, 1.54) is 11.1 Å². The zero-order valence-corrected chi connectivity index (χ0v) is 11.5. The number of aromatic nitrogens is 3. The van der Waals surface area contributed by atoms with Crippen LogP contribution in [0.5, 0.6) is 0 Å². The summed E-state index contributed by atoms with van der Waals surface area (Å²) in [6.07, 6.45) is 0. The number of nitrogens with one attached hydrogen (secondary N) is 1. The van der Waals surface area contributed by atoms with Crippen molar-refractivity contribution >= 4 is 17.7 Å². The predicted octanol–water partition coefficient (Wildman–Crippen LogP) is 3.27. The van der Waals surface area contributed by atoms with Crippen molar-refractivity contribution in [1.82, 2.24) is 15.2 Å². The lowest BCUT2D eigenvalue weighted by molar-refractivity contribution is 0.965. The molecule has 0 saturated carbocycles. The zero-order chi connectivity index (χ0) is 13.8. The van der Waals surface area contributed by atoms with Crippen molar-refractivity contribution in [3.8, 4) is 0 Å². The molecule has 0 bridgehead atoms. The van der Waals surface area contributed by atoms with E-state index in [4.69, 9.17) is 5.73 Å². The number of nitrogen functional groups attached to an aromatic ring is 1. The van der Waals surface area contributed by atoms with Crippen LogP contribution < -0.4 is 5.73 Å². The van der Waals surface area contributed by atoms with Gasteiger partial charge in [-0.15, -0.1) is 5.10 Å². The molecule has 3 N–H and O–H groups in total. The van der Waals surface area contributed by atoms with Gasteiger partial charge in [-0.3, -0.25) is 0 Å². The van der Waals surface area contributed by atoms with Crippen molar-refractivity contribution in [3.05, 3.63) is 71.8 Å². The first-order valence-electron chi connectivity index (χ1n) is 6.27. The van der Waals surface area contributed by atoms with Crippen LogP contribution in [0.2, 0.25) is 0 Å². The molecule has 0 unspecified atom stereocenters. The molecule has 0 spiro atoms. The Hall–Kier alpha value is -2.27. The molecule has 3 aromatic rings. The molecule has 0 atom stereocenters. The van der Waals surface area contributed by atoms with Crippen molar-refractivity contribution < 1.29 is 0 Å². The smallest absolute Gasteiger partial charge is 0.216 e. The third kappa shape index (κ3) is 2.83. The Morgan fingerprint density at radius 2 is 1.45 bits per heavy atom. The number of thioether (sulfide) groups is 1. The molecule has 1 heterocycles. The molecule has 0 aliphatic rings. The minimum Gasteiger partial charge on any atom is -0.368 e. The third-order valence-electron chi connectivity index (χ3n) is 2.91. The van der Waals surface area contributed by atoms with E-state index in [2.05, 4.69) is 39.4 Å². The van der Waals surface area contributed by atoms with E-state index < -0.39 is 0 Å². The largest absolute Gasteiger partial charge is 0.368 e. The molecule has 0 radical (unpaired) electrons. The minimum absolute atomic E-state index is 0.146. The van der Waals surface area contributed by atoms with E-state index in [1.807, 2.05) is 36.4 Å². The molecule has 20 heavy (non-hydrogen) atoms. The maximum Gasteiger partial charge on any atom is 0.216 e. The third-order valence-corrected chi connectivity index (χ3v) is 4.08. The maximum absolute atomic E-state index is 5.59. The Labute approximate surface area is 121 Å². The van der Waals surface area contributed by atoms with Crippen molar-refractivity contribution in [2.24, 2.45) is 0 Å². The number of hydrogen-bond donors (Lipinski definition) is 2. The summed E-state index contributed by atoms with van der Waals surface area (Å²) in [5, 5.41) is 7.58. The lowest BCUT2D eigenvalue weighted by Gasteiger charge is -2.15. The van der Waals surface area contributed by atoms with Crippen LogP contribution in [0.3, 0.4) is 0 Å². The van der Waals surface area contributed by atoms with Gasteiger partial charge in [0.1, 0.15) is 0 Å². The highest BCUT2D eigenvalue weighted by Gasteiger charge is 2.17. The topological polar surface area (TPSA) is 67.6 Å². The fraction of sp³-hybridized carbons (Fsp3) is 0.0667. The Morgan fingerprint density at radius 3 is 1.90 bits per heavy atom. The fourth-order valence-electron chi connectivity index (χ4n) is 2.00. The van der Waals surface area contributed by atoms with Gasteiger partial charge in [0.05, 0.1) is 5.25 Å². The lowest BCUT2D eigenvalue weighted by Crippen LogP contribution is -1.97. The first-order valence-corrected chi connectivity index (χ1v) is 7.15. The number of H-pyrrole nitrogens is 1. The Morgan fingerprint density at radius 1 is 0.900 bits per heavy atom. The number of benzene rings is 2. The number of hydrogen-bond acceptors (Lipinski definition) is 4. The molecule has 0 fully saturated rings. The van der Waals surface area contributed by atoms with Gasteiger partial charge in [-0.2, -0.15) is 4.98 Å². The van der Waals surface area contributed by atoms with Gasteiger partial charge in [0.2, 0.25) is 11.1 Å². The molecular weight excluding hydrogens is 268 g/mol. The summed E-state index contributed by atoms with van der Waals surface area (Å²) in [4.78, 5) is 4.18. The second-order valence-electron chi connectivity index (χ2n) is 4.32. The molecule has 0 aliphatic carbocycles. The number of nitrogens with zero attached hydrogens (tertiary/aromatic N) is 2. The van der Waals surface area contributed by atoms with Gasteiger partial charge in [-0.05, 0) is 11.1 Å². The van der Waals surface area contributed by atoms with E-state index in [-0.39, 0.29) is 5.25 Å². The number of anilines is 1. The Kier molecular flexibility index (Phi) is 3.69. The minimum atomic E-state index is 0.146. The fourth-order valence-corrected chi connectivity index (χ4v) is 3.05. The average molecular weight is 282 g/mol. The van der Waals surface area contributed by atoms with Gasteiger partial charge < -0.3 is 5.73 Å². The van der Waals surface area contributed by atoms with E-state index >= 15 is 0 Å². The van der Waals surface area contributed by atoms with Gasteiger partial charge >= 0.3 is 0 Å². The number of rotatable bonds is 4. The van der Waals surface area contributed by atoms with Crippen LogP contribution >= 0.6 is 11.8 Å². The Balaban J connectivity index is 1.96. The van der Waals surface area contributed by atoms with Crippen LogP contribution in [0.1, 0.15) is 16.4 Å². The van der Waals surface area contributed by atoms with Crippen LogP contribution in [0.4, 0.5) is 5.95 Å². The summed E-state index contributed by atoms with van der Waals surface area (Å²) in [5.41, 5.74) is 8.02. The van der Waals surface area contributed by atoms with Gasteiger partial charge in [0, 0.05) is 0 Å². The first-order chi connectivity index (χ1) is 9.83. The van der Waals surface area contributed by atoms with E-state index in [0.717, 1.165) is 0 Å². The van der Waals surface area contributed by atoms with Crippen molar-refractivity contribution in [1.29, 1.82) is 0 Å². The SMILES string of the molecule is Nc1nc(SC(c2ccccc2)c2ccccc2)n[nH]1. The highest BCUT2D eigenvalue weighted by atomic mass is 32.2. The summed E-state index contributed by atoms with van der Waals surface area (Å²) < 4.78 is 0. The van der Waals surface area contributed by atoms with E-state index in [1.54, 1.807) is 11.8 Å². The molecular formula is C15H14N4S. The van der Waals surface area contributed by atoms with Gasteiger partial charge in [0.15, 0.2) is 0 Å². The highest BCUT2D eigenvalue weighted by molar-refractivity contribution is 7.99. The highest BCUT2D eigenvalue weighted by Crippen LogP contribution is 2.38. The average Bonchev–Trinajstić information content (AvgIpc) is 2.92. The zero-order valence-electron chi connectivity index (χ0n) is 10.7. The normalized spacial score (nSPS) is 10.8. The summed E-state index contributed by atoms with van der Waals surface area (Å²) in [6.45, 7) is 0. The molecule has 1 aromatic heterocycles. The summed E-state index contributed by atoms with van der Waals surface area (Å²) in [7, 11) is 0. The van der Waals surface area contributed by atoms with Crippen LogP contribution in [0.15, 0.2) is 65.8 Å². The first kappa shape index (κ1) is 12.7. The standard InChI is InChI=1S/C15H14N4S/c16-14-17-15(19-18-14)20-13(11-7-3-1-4-8-11)12-9-5-2-6-10-12/h1-10,13H,(H3,16,17,18,19). The summed E-state index contributed by atoms with van der Waals surface area (Å²) in [6, 6.07) is 20.6. The molecule has 5 heteroatoms.